The Hall–Kier alpha value is -2.62. The molecule has 0 saturated heterocycles. The number of hydrogen-bond donors (Lipinski definition) is 0. The number of fused-ring (bicyclic) bond motifs is 2. The number of nitrogens with zero attached hydrogens (tertiary/aromatic N) is 3. The van der Waals surface area contributed by atoms with Gasteiger partial charge in [0.15, 0.2) is 11.4 Å². The van der Waals surface area contributed by atoms with E-state index in [0.717, 1.165) is 34.5 Å². The Kier molecular flexibility index (Phi) is 4.74. The maximum absolute atomic E-state index is 6.03. The lowest BCUT2D eigenvalue weighted by Crippen LogP contribution is -2.11. The molecule has 26 heavy (non-hydrogen) atoms. The van der Waals surface area contributed by atoms with Crippen LogP contribution >= 0.6 is 0 Å². The number of hydrogen-bond acceptors (Lipinski definition) is 3. The van der Waals surface area contributed by atoms with Gasteiger partial charge in [0.1, 0.15) is 5.52 Å². The minimum absolute atomic E-state index is 0.604. The van der Waals surface area contributed by atoms with E-state index in [4.69, 9.17) is 9.40 Å². The first-order valence-corrected chi connectivity index (χ1v) is 9.61. The summed E-state index contributed by atoms with van der Waals surface area (Å²) in [6.45, 7) is 5.48. The highest BCUT2D eigenvalue weighted by atomic mass is 16.3. The highest BCUT2D eigenvalue weighted by Crippen LogP contribution is 2.29. The molecule has 2 aromatic carbocycles. The molecule has 134 valence electrons. The number of benzene rings is 2. The Balaban J connectivity index is 1.80. The molecular formula is C22H25N3O. The van der Waals surface area contributed by atoms with Gasteiger partial charge in [0.25, 0.3) is 5.89 Å². The average molecular weight is 347 g/mol. The number of oxazole rings is 1. The van der Waals surface area contributed by atoms with Crippen LogP contribution in [0.15, 0.2) is 52.9 Å². The predicted octanol–water partition coefficient (Wildman–Crippen LogP) is 6.06. The molecule has 2 aromatic heterocycles. The Morgan fingerprint density at radius 3 is 2.50 bits per heavy atom. The molecular weight excluding hydrogens is 322 g/mol. The second-order valence-electron chi connectivity index (χ2n) is 6.94. The molecule has 0 aliphatic heterocycles. The fourth-order valence-electron chi connectivity index (χ4n) is 3.57. The molecule has 4 aromatic rings. The van der Waals surface area contributed by atoms with Crippen LogP contribution < -0.4 is 0 Å². The lowest BCUT2D eigenvalue weighted by molar-refractivity contribution is 0.395. The molecule has 2 heterocycles. The van der Waals surface area contributed by atoms with Crippen LogP contribution in [-0.2, 0) is 6.54 Å². The Morgan fingerprint density at radius 2 is 1.73 bits per heavy atom. The van der Waals surface area contributed by atoms with Gasteiger partial charge in [-0.3, -0.25) is 0 Å². The van der Waals surface area contributed by atoms with Crippen LogP contribution in [0.1, 0.15) is 39.5 Å². The van der Waals surface area contributed by atoms with Gasteiger partial charge in [-0.2, -0.15) is 0 Å². The molecule has 0 fully saturated rings. The Labute approximate surface area is 153 Å². The summed E-state index contributed by atoms with van der Waals surface area (Å²) in [5, 5.41) is 0. The predicted molar refractivity (Wildman–Crippen MR) is 106 cm³/mol. The summed E-state index contributed by atoms with van der Waals surface area (Å²) >= 11 is 0. The molecule has 0 amide bonds. The van der Waals surface area contributed by atoms with Crippen molar-refractivity contribution in [1.29, 1.82) is 0 Å². The van der Waals surface area contributed by atoms with Crippen LogP contribution in [0, 0.1) is 5.92 Å². The summed E-state index contributed by atoms with van der Waals surface area (Å²) in [6, 6.07) is 16.2. The zero-order valence-corrected chi connectivity index (χ0v) is 15.5. The van der Waals surface area contributed by atoms with E-state index in [1.165, 1.54) is 25.7 Å². The standard InChI is InChI=1S/C22H25N3O/c1-3-5-10-16(4-2)15-25-19-13-8-6-11-17(19)23-21(25)22-24-18-12-7-9-14-20(18)26-22/h6-9,11-14,16H,3-5,10,15H2,1-2H3. The van der Waals surface area contributed by atoms with E-state index in [1.54, 1.807) is 0 Å². The van der Waals surface area contributed by atoms with Crippen LogP contribution in [0.5, 0.6) is 0 Å². The van der Waals surface area contributed by atoms with E-state index in [2.05, 4.69) is 41.6 Å². The third-order valence-corrected chi connectivity index (χ3v) is 5.12. The summed E-state index contributed by atoms with van der Waals surface area (Å²) < 4.78 is 8.32. The molecule has 4 heteroatoms. The summed E-state index contributed by atoms with van der Waals surface area (Å²) in [4.78, 5) is 9.54. The molecule has 0 N–H and O–H groups in total. The molecule has 1 atom stereocenters. The second kappa shape index (κ2) is 7.32. The van der Waals surface area contributed by atoms with Crippen molar-refractivity contribution in [2.75, 3.05) is 0 Å². The van der Waals surface area contributed by atoms with Crippen molar-refractivity contribution in [3.05, 3.63) is 48.5 Å². The molecule has 0 radical (unpaired) electrons. The Morgan fingerprint density at radius 1 is 0.962 bits per heavy atom. The van der Waals surface area contributed by atoms with E-state index in [0.29, 0.717) is 11.8 Å². The van der Waals surface area contributed by atoms with Gasteiger partial charge in [-0.25, -0.2) is 9.97 Å². The van der Waals surface area contributed by atoms with Crippen molar-refractivity contribution in [3.63, 3.8) is 0 Å². The molecule has 0 aliphatic rings. The van der Waals surface area contributed by atoms with Crippen LogP contribution in [0.4, 0.5) is 0 Å². The van der Waals surface area contributed by atoms with Gasteiger partial charge >= 0.3 is 0 Å². The minimum Gasteiger partial charge on any atom is -0.434 e. The van der Waals surface area contributed by atoms with Crippen LogP contribution in [0.2, 0.25) is 0 Å². The topological polar surface area (TPSA) is 43.9 Å². The Bertz CT molecular complexity index is 982. The van der Waals surface area contributed by atoms with E-state index in [1.807, 2.05) is 30.3 Å². The largest absolute Gasteiger partial charge is 0.434 e. The van der Waals surface area contributed by atoms with Gasteiger partial charge in [-0.05, 0) is 36.6 Å². The van der Waals surface area contributed by atoms with Crippen LogP contribution in [0.3, 0.4) is 0 Å². The second-order valence-corrected chi connectivity index (χ2v) is 6.94. The smallest absolute Gasteiger partial charge is 0.264 e. The van der Waals surface area contributed by atoms with Crippen LogP contribution in [-0.4, -0.2) is 14.5 Å². The number of para-hydroxylation sites is 4. The highest BCUT2D eigenvalue weighted by molar-refractivity contribution is 5.81. The zero-order valence-electron chi connectivity index (χ0n) is 15.5. The summed E-state index contributed by atoms with van der Waals surface area (Å²) in [6.07, 6.45) is 4.91. The number of imidazole rings is 1. The van der Waals surface area contributed by atoms with Crippen LogP contribution in [0.25, 0.3) is 33.8 Å². The number of aromatic nitrogens is 3. The zero-order chi connectivity index (χ0) is 17.9. The number of rotatable bonds is 7. The SMILES string of the molecule is CCCCC(CC)Cn1c(-c2nc3ccccc3o2)nc2ccccc21. The molecule has 0 saturated carbocycles. The molecule has 0 bridgehead atoms. The van der Waals surface area contributed by atoms with Gasteiger partial charge in [0.2, 0.25) is 0 Å². The maximum Gasteiger partial charge on any atom is 0.264 e. The first-order valence-electron chi connectivity index (χ1n) is 9.61. The fraction of sp³-hybridized carbons (Fsp3) is 0.364. The van der Waals surface area contributed by atoms with Crippen molar-refractivity contribution in [2.24, 2.45) is 5.92 Å². The van der Waals surface area contributed by atoms with Gasteiger partial charge < -0.3 is 8.98 Å². The van der Waals surface area contributed by atoms with E-state index < -0.39 is 0 Å². The molecule has 4 nitrogen and oxygen atoms in total. The molecule has 1 unspecified atom stereocenters. The monoisotopic (exact) mass is 347 g/mol. The molecule has 0 aliphatic carbocycles. The summed E-state index contributed by atoms with van der Waals surface area (Å²) in [7, 11) is 0. The first-order chi connectivity index (χ1) is 12.8. The van der Waals surface area contributed by atoms with E-state index >= 15 is 0 Å². The van der Waals surface area contributed by atoms with Crippen molar-refractivity contribution in [2.45, 2.75) is 46.1 Å². The first kappa shape index (κ1) is 16.8. The summed E-state index contributed by atoms with van der Waals surface area (Å²) in [5.74, 6) is 2.07. The van der Waals surface area contributed by atoms with Crippen molar-refractivity contribution < 1.29 is 4.42 Å². The average Bonchev–Trinajstić information content (AvgIpc) is 3.26. The van der Waals surface area contributed by atoms with Gasteiger partial charge in [0, 0.05) is 6.54 Å². The van der Waals surface area contributed by atoms with Crippen molar-refractivity contribution in [3.8, 4) is 11.7 Å². The van der Waals surface area contributed by atoms with Crippen molar-refractivity contribution in [1.82, 2.24) is 14.5 Å². The third kappa shape index (κ3) is 3.12. The normalized spacial score (nSPS) is 12.8. The quantitative estimate of drug-likeness (QED) is 0.408. The maximum atomic E-state index is 6.03. The van der Waals surface area contributed by atoms with Crippen molar-refractivity contribution >= 4 is 22.1 Å². The fourth-order valence-corrected chi connectivity index (χ4v) is 3.57. The lowest BCUT2D eigenvalue weighted by atomic mass is 9.99. The van der Waals surface area contributed by atoms with E-state index in [9.17, 15) is 0 Å². The lowest BCUT2D eigenvalue weighted by Gasteiger charge is -2.17. The third-order valence-electron chi connectivity index (χ3n) is 5.12. The van der Waals surface area contributed by atoms with Gasteiger partial charge in [0.05, 0.1) is 11.0 Å². The van der Waals surface area contributed by atoms with Gasteiger partial charge in [-0.15, -0.1) is 0 Å². The minimum atomic E-state index is 0.604. The molecule has 0 spiro atoms. The van der Waals surface area contributed by atoms with Gasteiger partial charge in [-0.1, -0.05) is 57.4 Å². The highest BCUT2D eigenvalue weighted by Gasteiger charge is 2.19. The van der Waals surface area contributed by atoms with E-state index in [-0.39, 0.29) is 0 Å². The number of unbranched alkanes of at least 4 members (excludes halogenated alkanes) is 1. The molecule has 4 rings (SSSR count). The summed E-state index contributed by atoms with van der Waals surface area (Å²) in [5.41, 5.74) is 3.83.